The summed E-state index contributed by atoms with van der Waals surface area (Å²) in [6.07, 6.45) is 2.34. The first-order valence-corrected chi connectivity index (χ1v) is 9.49. The highest BCUT2D eigenvalue weighted by atomic mass is 35.5. The van der Waals surface area contributed by atoms with Gasteiger partial charge in [0.2, 0.25) is 0 Å². The molecule has 132 valence electrons. The number of anilines is 1. The second-order valence-electron chi connectivity index (χ2n) is 6.23. The van der Waals surface area contributed by atoms with Crippen molar-refractivity contribution >= 4 is 35.0 Å². The average molecular weight is 379 g/mol. The summed E-state index contributed by atoms with van der Waals surface area (Å²) < 4.78 is 13.1. The molecule has 0 atom stereocenters. The van der Waals surface area contributed by atoms with E-state index in [-0.39, 0.29) is 16.5 Å². The van der Waals surface area contributed by atoms with E-state index in [1.165, 1.54) is 25.0 Å². The van der Waals surface area contributed by atoms with Crippen molar-refractivity contribution in [3.05, 3.63) is 58.9 Å². The number of amides is 1. The van der Waals surface area contributed by atoms with E-state index in [0.717, 1.165) is 24.1 Å². The number of carbonyl (C=O) groups excluding carboxylic acids is 1. The highest BCUT2D eigenvalue weighted by Gasteiger charge is 2.18. The number of rotatable bonds is 4. The number of hydrogen-bond acceptors (Lipinski definition) is 3. The van der Waals surface area contributed by atoms with Crippen molar-refractivity contribution in [3.8, 4) is 0 Å². The van der Waals surface area contributed by atoms with Crippen molar-refractivity contribution in [1.29, 1.82) is 0 Å². The number of nitrogens with zero attached hydrogens (tertiary/aromatic N) is 1. The van der Waals surface area contributed by atoms with Gasteiger partial charge in [0.1, 0.15) is 5.82 Å². The van der Waals surface area contributed by atoms with Gasteiger partial charge in [-0.15, -0.1) is 11.8 Å². The van der Waals surface area contributed by atoms with E-state index >= 15 is 0 Å². The molecule has 2 aromatic rings. The first kappa shape index (κ1) is 18.2. The van der Waals surface area contributed by atoms with E-state index in [2.05, 4.69) is 23.3 Å². The predicted molar refractivity (Wildman–Crippen MR) is 102 cm³/mol. The van der Waals surface area contributed by atoms with Crippen molar-refractivity contribution in [2.75, 3.05) is 25.5 Å². The van der Waals surface area contributed by atoms with Crippen molar-refractivity contribution in [3.63, 3.8) is 0 Å². The molecule has 0 bridgehead atoms. The van der Waals surface area contributed by atoms with Crippen LogP contribution in [-0.4, -0.2) is 36.2 Å². The first-order valence-electron chi connectivity index (χ1n) is 8.23. The molecule has 0 spiro atoms. The van der Waals surface area contributed by atoms with Gasteiger partial charge in [0.25, 0.3) is 5.91 Å². The van der Waals surface area contributed by atoms with Gasteiger partial charge in [0, 0.05) is 15.8 Å². The molecule has 3 rings (SSSR count). The molecule has 2 aromatic carbocycles. The third-order valence-corrected chi connectivity index (χ3v) is 5.88. The van der Waals surface area contributed by atoms with Crippen LogP contribution in [0.5, 0.6) is 0 Å². The second-order valence-corrected chi connectivity index (χ2v) is 8.01. The van der Waals surface area contributed by atoms with Gasteiger partial charge in [0.05, 0.1) is 10.6 Å². The number of hydrogen-bond donors (Lipinski definition) is 1. The molecule has 1 N–H and O–H groups in total. The third kappa shape index (κ3) is 4.97. The van der Waals surface area contributed by atoms with Crippen LogP contribution in [0.15, 0.2) is 47.4 Å². The van der Waals surface area contributed by atoms with E-state index < -0.39 is 5.82 Å². The molecule has 1 fully saturated rings. The quantitative estimate of drug-likeness (QED) is 0.819. The fourth-order valence-electron chi connectivity index (χ4n) is 2.81. The van der Waals surface area contributed by atoms with Gasteiger partial charge in [-0.2, -0.15) is 0 Å². The van der Waals surface area contributed by atoms with Crippen LogP contribution < -0.4 is 5.32 Å². The lowest BCUT2D eigenvalue weighted by Gasteiger charge is -2.28. The van der Waals surface area contributed by atoms with E-state index in [1.54, 1.807) is 0 Å². The van der Waals surface area contributed by atoms with Crippen LogP contribution in [0.2, 0.25) is 5.02 Å². The zero-order valence-corrected chi connectivity index (χ0v) is 15.5. The van der Waals surface area contributed by atoms with Crippen molar-refractivity contribution in [2.45, 2.75) is 23.0 Å². The lowest BCUT2D eigenvalue weighted by molar-refractivity contribution is 0.102. The second kappa shape index (κ2) is 8.21. The van der Waals surface area contributed by atoms with E-state index in [9.17, 15) is 9.18 Å². The molecule has 3 nitrogen and oxygen atoms in total. The first-order chi connectivity index (χ1) is 12.0. The minimum atomic E-state index is -0.460. The molecular weight excluding hydrogens is 359 g/mol. The zero-order valence-electron chi connectivity index (χ0n) is 14.0. The molecule has 1 heterocycles. The number of piperidine rings is 1. The van der Waals surface area contributed by atoms with E-state index in [0.29, 0.717) is 10.9 Å². The maximum atomic E-state index is 13.1. The molecule has 0 unspecified atom stereocenters. The summed E-state index contributed by atoms with van der Waals surface area (Å²) in [6, 6.07) is 11.6. The Kier molecular flexibility index (Phi) is 5.99. The standard InChI is InChI=1S/C19H20ClFN2OS/c1-23-9-7-15(8-10-23)25-16-4-2-3-14(12-16)22-19(24)17-6-5-13(21)11-18(17)20/h2-6,11-12,15H,7-10H2,1H3,(H,22,24). The number of halogens is 2. The number of likely N-dealkylation sites (tertiary alicyclic amines) is 1. The highest BCUT2D eigenvalue weighted by Crippen LogP contribution is 2.31. The number of nitrogens with one attached hydrogen (secondary N) is 1. The lowest BCUT2D eigenvalue weighted by atomic mass is 10.1. The molecular formula is C19H20ClFN2OS. The van der Waals surface area contributed by atoms with Crippen LogP contribution in [0, 0.1) is 5.82 Å². The van der Waals surface area contributed by atoms with Crippen LogP contribution in [0.4, 0.5) is 10.1 Å². The molecule has 1 aliphatic rings. The molecule has 6 heteroatoms. The Morgan fingerprint density at radius 2 is 2.00 bits per heavy atom. The summed E-state index contributed by atoms with van der Waals surface area (Å²) in [7, 11) is 2.15. The summed E-state index contributed by atoms with van der Waals surface area (Å²) in [5.41, 5.74) is 0.972. The zero-order chi connectivity index (χ0) is 17.8. The van der Waals surface area contributed by atoms with Gasteiger partial charge in [0.15, 0.2) is 0 Å². The van der Waals surface area contributed by atoms with Gasteiger partial charge >= 0.3 is 0 Å². The molecule has 25 heavy (non-hydrogen) atoms. The van der Waals surface area contributed by atoms with Crippen LogP contribution in [0.25, 0.3) is 0 Å². The monoisotopic (exact) mass is 378 g/mol. The summed E-state index contributed by atoms with van der Waals surface area (Å²) >= 11 is 7.81. The molecule has 0 saturated carbocycles. The maximum Gasteiger partial charge on any atom is 0.257 e. The normalized spacial score (nSPS) is 16.0. The molecule has 1 saturated heterocycles. The van der Waals surface area contributed by atoms with E-state index in [1.807, 2.05) is 30.0 Å². The summed E-state index contributed by atoms with van der Waals surface area (Å²) in [6.45, 7) is 2.24. The minimum absolute atomic E-state index is 0.106. The summed E-state index contributed by atoms with van der Waals surface area (Å²) in [4.78, 5) is 15.8. The summed E-state index contributed by atoms with van der Waals surface area (Å²) in [5, 5.41) is 3.55. The molecule has 1 amide bonds. The van der Waals surface area contributed by atoms with Crippen LogP contribution >= 0.6 is 23.4 Å². The summed E-state index contributed by atoms with van der Waals surface area (Å²) in [5.74, 6) is -0.801. The van der Waals surface area contributed by atoms with Crippen molar-refractivity contribution in [2.24, 2.45) is 0 Å². The Bertz CT molecular complexity index is 763. The smallest absolute Gasteiger partial charge is 0.257 e. The Balaban J connectivity index is 1.66. The van der Waals surface area contributed by atoms with Gasteiger partial charge in [-0.25, -0.2) is 4.39 Å². The average Bonchev–Trinajstić information content (AvgIpc) is 2.57. The van der Waals surface area contributed by atoms with E-state index in [4.69, 9.17) is 11.6 Å². The topological polar surface area (TPSA) is 32.3 Å². The molecule has 0 aliphatic carbocycles. The van der Waals surface area contributed by atoms with Gasteiger partial charge in [-0.05, 0) is 69.4 Å². The minimum Gasteiger partial charge on any atom is -0.322 e. The van der Waals surface area contributed by atoms with Crippen LogP contribution in [-0.2, 0) is 0 Å². The maximum absolute atomic E-state index is 13.1. The fourth-order valence-corrected chi connectivity index (χ4v) is 4.25. The third-order valence-electron chi connectivity index (χ3n) is 4.24. The number of thioether (sulfide) groups is 1. The molecule has 0 aromatic heterocycles. The Morgan fingerprint density at radius 3 is 2.72 bits per heavy atom. The predicted octanol–water partition coefficient (Wildman–Crippen LogP) is 4.92. The Labute approximate surface area is 156 Å². The highest BCUT2D eigenvalue weighted by molar-refractivity contribution is 8.00. The van der Waals surface area contributed by atoms with Crippen molar-refractivity contribution < 1.29 is 9.18 Å². The Hall–Kier alpha value is -1.56. The Morgan fingerprint density at radius 1 is 1.24 bits per heavy atom. The molecule has 1 aliphatic heterocycles. The van der Waals surface area contributed by atoms with Gasteiger partial charge in [-0.3, -0.25) is 4.79 Å². The van der Waals surface area contributed by atoms with Crippen molar-refractivity contribution in [1.82, 2.24) is 4.90 Å². The number of carbonyl (C=O) groups is 1. The lowest BCUT2D eigenvalue weighted by Crippen LogP contribution is -2.31. The fraction of sp³-hybridized carbons (Fsp3) is 0.316. The SMILES string of the molecule is CN1CCC(Sc2cccc(NC(=O)c3ccc(F)cc3Cl)c2)CC1. The van der Waals surface area contributed by atoms with Gasteiger partial charge < -0.3 is 10.2 Å². The van der Waals surface area contributed by atoms with Gasteiger partial charge in [-0.1, -0.05) is 17.7 Å². The molecule has 0 radical (unpaired) electrons. The van der Waals surface area contributed by atoms with Crippen LogP contribution in [0.1, 0.15) is 23.2 Å². The van der Waals surface area contributed by atoms with Crippen LogP contribution in [0.3, 0.4) is 0 Å². The largest absolute Gasteiger partial charge is 0.322 e. The number of benzene rings is 2.